The van der Waals surface area contributed by atoms with E-state index in [4.69, 9.17) is 0 Å². The van der Waals surface area contributed by atoms with Crippen LogP contribution in [0.1, 0.15) is 0 Å². The smallest absolute Gasteiger partial charge is 0.207 e. The van der Waals surface area contributed by atoms with Gasteiger partial charge in [0.15, 0.2) is 3.57 Å². The van der Waals surface area contributed by atoms with Crippen molar-refractivity contribution in [3.8, 4) is 0 Å². The van der Waals surface area contributed by atoms with Crippen LogP contribution in [0.25, 0.3) is 0 Å². The van der Waals surface area contributed by atoms with E-state index < -0.39 is 43.5 Å². The van der Waals surface area contributed by atoms with Crippen LogP contribution in [-0.4, -0.2) is 16.5 Å². The van der Waals surface area contributed by atoms with Gasteiger partial charge in [0.1, 0.15) is 5.82 Å². The van der Waals surface area contributed by atoms with Crippen LogP contribution in [0.3, 0.4) is 0 Å². The lowest BCUT2D eigenvalue weighted by molar-refractivity contribution is -0.651. The molecule has 7 heteroatoms. The monoisotopic (exact) mass is 355 g/mol. The summed E-state index contributed by atoms with van der Waals surface area (Å²) in [6.45, 7) is 0. The molecule has 0 atom stereocenters. The van der Waals surface area contributed by atoms with Crippen molar-refractivity contribution in [2.75, 3.05) is 4.43 Å². The van der Waals surface area contributed by atoms with Gasteiger partial charge in [-0.05, 0) is 24.3 Å². The fourth-order valence-corrected chi connectivity index (χ4v) is 2.98. The molecular weight excluding hydrogens is 349 g/mol. The van der Waals surface area contributed by atoms with Gasteiger partial charge in [0.05, 0.1) is 0 Å². The molecule has 0 saturated carbocycles. The SMILES string of the molecule is Fc1ccc([I+]CC(F)(F)C(F)(F)F)cc1. The highest BCUT2D eigenvalue weighted by Crippen LogP contribution is 2.33. The number of rotatable bonds is 3. The fourth-order valence-electron chi connectivity index (χ4n) is 0.755. The molecule has 0 radical (unpaired) electrons. The molecule has 0 spiro atoms. The van der Waals surface area contributed by atoms with E-state index in [0.717, 1.165) is 12.1 Å². The van der Waals surface area contributed by atoms with Crippen molar-refractivity contribution in [1.29, 1.82) is 0 Å². The zero-order valence-corrected chi connectivity index (χ0v) is 9.82. The molecule has 0 heterocycles. The molecule has 16 heavy (non-hydrogen) atoms. The topological polar surface area (TPSA) is 0 Å². The molecule has 0 aliphatic heterocycles. The average molecular weight is 355 g/mol. The first-order chi connectivity index (χ1) is 7.22. The highest BCUT2D eigenvalue weighted by atomic mass is 127. The summed E-state index contributed by atoms with van der Waals surface area (Å²) >= 11 is -1.48. The van der Waals surface area contributed by atoms with Crippen molar-refractivity contribution in [3.63, 3.8) is 0 Å². The Hall–Kier alpha value is -0.470. The van der Waals surface area contributed by atoms with Crippen molar-refractivity contribution in [3.05, 3.63) is 33.7 Å². The zero-order chi connectivity index (χ0) is 12.4. The minimum absolute atomic E-state index is 0.351. The van der Waals surface area contributed by atoms with Crippen LogP contribution in [-0.2, 0) is 0 Å². The minimum Gasteiger partial charge on any atom is -0.207 e. The summed E-state index contributed by atoms with van der Waals surface area (Å²) < 4.78 is 72.0. The second-order valence-corrected chi connectivity index (χ2v) is 5.68. The van der Waals surface area contributed by atoms with Crippen LogP contribution in [0.2, 0.25) is 0 Å². The first-order valence-electron chi connectivity index (χ1n) is 4.02. The van der Waals surface area contributed by atoms with E-state index in [-0.39, 0.29) is 0 Å². The predicted octanol–water partition coefficient (Wildman–Crippen LogP) is 0.282. The highest BCUT2D eigenvalue weighted by Gasteiger charge is 2.61. The Morgan fingerprint density at radius 2 is 1.44 bits per heavy atom. The van der Waals surface area contributed by atoms with E-state index in [1.807, 2.05) is 0 Å². The molecule has 1 rings (SSSR count). The quantitative estimate of drug-likeness (QED) is 0.415. The summed E-state index contributed by atoms with van der Waals surface area (Å²) in [4.78, 5) is 0. The molecule has 1 aromatic rings. The summed E-state index contributed by atoms with van der Waals surface area (Å²) in [5.74, 6) is -5.20. The third-order valence-electron chi connectivity index (χ3n) is 1.61. The van der Waals surface area contributed by atoms with E-state index in [1.165, 1.54) is 12.1 Å². The van der Waals surface area contributed by atoms with Crippen molar-refractivity contribution in [1.82, 2.24) is 0 Å². The van der Waals surface area contributed by atoms with Gasteiger partial charge in [-0.3, -0.25) is 0 Å². The number of alkyl halides is 6. The third kappa shape index (κ3) is 3.53. The van der Waals surface area contributed by atoms with Crippen LogP contribution in [0.15, 0.2) is 24.3 Å². The average Bonchev–Trinajstić information content (AvgIpc) is 2.15. The predicted molar refractivity (Wildman–Crippen MR) is 41.0 cm³/mol. The molecule has 0 amide bonds. The van der Waals surface area contributed by atoms with E-state index in [1.54, 1.807) is 0 Å². The van der Waals surface area contributed by atoms with E-state index in [9.17, 15) is 26.3 Å². The zero-order valence-electron chi connectivity index (χ0n) is 7.66. The molecule has 0 aliphatic rings. The van der Waals surface area contributed by atoms with Gasteiger partial charge in [0.2, 0.25) is 4.43 Å². The second kappa shape index (κ2) is 4.80. The normalized spacial score (nSPS) is 12.9. The maximum absolute atomic E-state index is 12.5. The largest absolute Gasteiger partial charge is 0.457 e. The Bertz CT molecular complexity index is 342. The standard InChI is InChI=1S/C9H6F6I/c10-6-1-3-7(4-2-6)16-5-8(11,12)9(13,14)15/h1-4H,5H2/q+1. The highest BCUT2D eigenvalue weighted by molar-refractivity contribution is 5.02. The molecule has 0 unspecified atom stereocenters. The van der Waals surface area contributed by atoms with Crippen LogP contribution < -0.4 is 21.2 Å². The van der Waals surface area contributed by atoms with E-state index in [0.29, 0.717) is 3.57 Å². The summed E-state index contributed by atoms with van der Waals surface area (Å²) in [6.07, 6.45) is -5.51. The van der Waals surface area contributed by atoms with E-state index >= 15 is 0 Å². The van der Waals surface area contributed by atoms with Gasteiger partial charge >= 0.3 is 33.3 Å². The Kier molecular flexibility index (Phi) is 4.08. The lowest BCUT2D eigenvalue weighted by Crippen LogP contribution is -3.63. The van der Waals surface area contributed by atoms with Crippen molar-refractivity contribution in [2.45, 2.75) is 12.1 Å². The van der Waals surface area contributed by atoms with Gasteiger partial charge in [-0.2, -0.15) is 22.0 Å². The second-order valence-electron chi connectivity index (χ2n) is 2.91. The summed E-state index contributed by atoms with van der Waals surface area (Å²) in [6, 6.07) is 4.55. The summed E-state index contributed by atoms with van der Waals surface area (Å²) in [5, 5.41) is 0. The van der Waals surface area contributed by atoms with Gasteiger partial charge in [-0.1, -0.05) is 0 Å². The number of halogens is 7. The molecule has 0 nitrogen and oxygen atoms in total. The molecule has 1 aromatic carbocycles. The first-order valence-corrected chi connectivity index (χ1v) is 6.62. The minimum atomic E-state index is -5.51. The van der Waals surface area contributed by atoms with Crippen molar-refractivity contribution >= 4 is 0 Å². The van der Waals surface area contributed by atoms with Gasteiger partial charge in [-0.15, -0.1) is 0 Å². The summed E-state index contributed by atoms with van der Waals surface area (Å²) in [5.41, 5.74) is 0. The molecule has 0 bridgehead atoms. The van der Waals surface area contributed by atoms with Gasteiger partial charge in [0, 0.05) is 0 Å². The molecule has 0 aromatic heterocycles. The number of hydrogen-bond acceptors (Lipinski definition) is 0. The fraction of sp³-hybridized carbons (Fsp3) is 0.333. The van der Waals surface area contributed by atoms with Gasteiger partial charge in [0.25, 0.3) is 0 Å². The van der Waals surface area contributed by atoms with Gasteiger partial charge in [-0.25, -0.2) is 4.39 Å². The molecule has 0 saturated heterocycles. The van der Waals surface area contributed by atoms with Crippen LogP contribution in [0.5, 0.6) is 0 Å². The molecule has 0 fully saturated rings. The first kappa shape index (κ1) is 13.6. The molecule has 90 valence electrons. The van der Waals surface area contributed by atoms with Crippen molar-refractivity contribution in [2.24, 2.45) is 0 Å². The Morgan fingerprint density at radius 1 is 0.938 bits per heavy atom. The van der Waals surface area contributed by atoms with Crippen molar-refractivity contribution < 1.29 is 47.5 Å². The molecule has 0 N–H and O–H groups in total. The lowest BCUT2D eigenvalue weighted by Gasteiger charge is -2.13. The molecular formula is C9H6F6I+. The molecule has 0 aliphatic carbocycles. The number of benzene rings is 1. The maximum Gasteiger partial charge on any atom is 0.457 e. The van der Waals surface area contributed by atoms with Gasteiger partial charge < -0.3 is 0 Å². The van der Waals surface area contributed by atoms with Crippen LogP contribution in [0.4, 0.5) is 26.3 Å². The Balaban J connectivity index is 2.61. The Morgan fingerprint density at radius 3 is 1.88 bits per heavy atom. The Labute approximate surface area is 97.9 Å². The van der Waals surface area contributed by atoms with Crippen LogP contribution >= 0.6 is 0 Å². The third-order valence-corrected chi connectivity index (χ3v) is 4.55. The summed E-state index contributed by atoms with van der Waals surface area (Å²) in [7, 11) is 0. The maximum atomic E-state index is 12.5. The number of hydrogen-bond donors (Lipinski definition) is 0. The lowest BCUT2D eigenvalue weighted by atomic mass is 10.4. The van der Waals surface area contributed by atoms with Crippen LogP contribution in [0, 0.1) is 9.39 Å². The van der Waals surface area contributed by atoms with E-state index in [2.05, 4.69) is 0 Å².